The van der Waals surface area contributed by atoms with Gasteiger partial charge in [0.1, 0.15) is 11.6 Å². The van der Waals surface area contributed by atoms with Gasteiger partial charge in [0.05, 0.1) is 11.5 Å². The molecule has 8 heteroatoms. The highest BCUT2D eigenvalue weighted by Crippen LogP contribution is 2.19. The second-order valence-corrected chi connectivity index (χ2v) is 9.60. The molecule has 2 unspecified atom stereocenters. The van der Waals surface area contributed by atoms with E-state index in [2.05, 4.69) is 5.32 Å². The molecule has 1 rings (SSSR count). The minimum absolute atomic E-state index is 0.0213. The molecule has 0 spiro atoms. The summed E-state index contributed by atoms with van der Waals surface area (Å²) < 4.78 is 28.3. The van der Waals surface area contributed by atoms with Crippen LogP contribution in [0.15, 0.2) is 0 Å². The fourth-order valence-electron chi connectivity index (χ4n) is 2.43. The summed E-state index contributed by atoms with van der Waals surface area (Å²) >= 11 is 0. The predicted octanol–water partition coefficient (Wildman–Crippen LogP) is 1.18. The first kappa shape index (κ1) is 19.7. The Kier molecular flexibility index (Phi) is 6.06. The number of amides is 2. The van der Waals surface area contributed by atoms with Gasteiger partial charge in [0.25, 0.3) is 0 Å². The summed E-state index contributed by atoms with van der Waals surface area (Å²) in [6.07, 6.45) is -0.223. The van der Waals surface area contributed by atoms with Gasteiger partial charge in [-0.25, -0.2) is 13.2 Å². The Morgan fingerprint density at radius 3 is 2.22 bits per heavy atom. The fourth-order valence-corrected chi connectivity index (χ4v) is 4.20. The van der Waals surface area contributed by atoms with Gasteiger partial charge in [-0.05, 0) is 33.1 Å². The number of ether oxygens (including phenoxy) is 1. The molecule has 1 fully saturated rings. The molecule has 1 heterocycles. The number of rotatable bonds is 4. The van der Waals surface area contributed by atoms with E-state index in [1.807, 2.05) is 13.8 Å². The van der Waals surface area contributed by atoms with E-state index in [9.17, 15) is 18.0 Å². The first-order valence-corrected chi connectivity index (χ1v) is 9.61. The Morgan fingerprint density at radius 2 is 1.83 bits per heavy atom. The van der Waals surface area contributed by atoms with Crippen molar-refractivity contribution in [3.63, 3.8) is 0 Å². The molecule has 2 atom stereocenters. The maximum atomic E-state index is 12.6. The van der Waals surface area contributed by atoms with E-state index in [4.69, 9.17) is 4.74 Å². The van der Waals surface area contributed by atoms with Crippen LogP contribution >= 0.6 is 0 Å². The van der Waals surface area contributed by atoms with Crippen LogP contribution in [0, 0.1) is 5.92 Å². The van der Waals surface area contributed by atoms with Crippen LogP contribution in [0.5, 0.6) is 0 Å². The zero-order valence-corrected chi connectivity index (χ0v) is 15.6. The Bertz CT molecular complexity index is 551. The summed E-state index contributed by atoms with van der Waals surface area (Å²) in [7, 11) is -1.49. The van der Waals surface area contributed by atoms with Crippen LogP contribution in [-0.4, -0.2) is 61.6 Å². The first-order valence-electron chi connectivity index (χ1n) is 7.79. The minimum Gasteiger partial charge on any atom is -0.444 e. The largest absolute Gasteiger partial charge is 0.444 e. The number of carbonyl (C=O) groups is 2. The Hall–Kier alpha value is -1.31. The Labute approximate surface area is 138 Å². The van der Waals surface area contributed by atoms with Gasteiger partial charge in [0.2, 0.25) is 5.91 Å². The maximum Gasteiger partial charge on any atom is 0.408 e. The summed E-state index contributed by atoms with van der Waals surface area (Å²) in [6, 6.07) is -1.09. The molecule has 1 aliphatic rings. The lowest BCUT2D eigenvalue weighted by Crippen LogP contribution is -2.53. The van der Waals surface area contributed by atoms with Crippen molar-refractivity contribution < 1.29 is 22.7 Å². The lowest BCUT2D eigenvalue weighted by molar-refractivity contribution is -0.134. The molecule has 134 valence electrons. The number of nitrogens with zero attached hydrogens (tertiary/aromatic N) is 1. The van der Waals surface area contributed by atoms with E-state index < -0.39 is 27.6 Å². The molecule has 1 saturated heterocycles. The normalized spacial score (nSPS) is 21.8. The molecule has 0 aromatic carbocycles. The zero-order valence-electron chi connectivity index (χ0n) is 14.8. The van der Waals surface area contributed by atoms with Gasteiger partial charge in [-0.1, -0.05) is 13.8 Å². The molecule has 0 aromatic heterocycles. The van der Waals surface area contributed by atoms with Crippen LogP contribution in [0.1, 0.15) is 41.0 Å². The summed E-state index contributed by atoms with van der Waals surface area (Å²) in [5.41, 5.74) is -0.653. The molecule has 1 aliphatic heterocycles. The Balaban J connectivity index is 2.77. The fraction of sp³-hybridized carbons (Fsp3) is 0.867. The van der Waals surface area contributed by atoms with E-state index in [1.165, 1.54) is 4.90 Å². The standard InChI is InChI=1S/C15H28N2O5S/c1-10(2)12(16-14(19)22-15(3,4)5)13(18)17(6)11-7-8-23(20,21)9-11/h10-12H,7-9H2,1-6H3,(H,16,19). The number of sulfone groups is 1. The van der Waals surface area contributed by atoms with Gasteiger partial charge < -0.3 is 15.0 Å². The van der Waals surface area contributed by atoms with Gasteiger partial charge in [-0.3, -0.25) is 4.79 Å². The average molecular weight is 348 g/mol. The van der Waals surface area contributed by atoms with E-state index in [1.54, 1.807) is 27.8 Å². The topological polar surface area (TPSA) is 92.8 Å². The van der Waals surface area contributed by atoms with Crippen molar-refractivity contribution in [3.8, 4) is 0 Å². The average Bonchev–Trinajstić information content (AvgIpc) is 2.72. The van der Waals surface area contributed by atoms with Gasteiger partial charge in [0.15, 0.2) is 9.84 Å². The molecule has 2 amide bonds. The van der Waals surface area contributed by atoms with Crippen molar-refractivity contribution in [2.24, 2.45) is 5.92 Å². The lowest BCUT2D eigenvalue weighted by atomic mass is 10.0. The molecule has 23 heavy (non-hydrogen) atoms. The molecular weight excluding hydrogens is 320 g/mol. The molecule has 1 N–H and O–H groups in total. The zero-order chi connectivity index (χ0) is 18.0. The van der Waals surface area contributed by atoms with Crippen molar-refractivity contribution in [2.45, 2.75) is 58.7 Å². The highest BCUT2D eigenvalue weighted by atomic mass is 32.2. The smallest absolute Gasteiger partial charge is 0.408 e. The number of alkyl carbamates (subject to hydrolysis) is 1. The minimum atomic E-state index is -3.07. The summed E-state index contributed by atoms with van der Waals surface area (Å²) in [4.78, 5) is 26.0. The van der Waals surface area contributed by atoms with Crippen molar-refractivity contribution in [3.05, 3.63) is 0 Å². The van der Waals surface area contributed by atoms with Crippen LogP contribution in [0.2, 0.25) is 0 Å². The first-order chi connectivity index (χ1) is 10.3. The third-order valence-electron chi connectivity index (χ3n) is 3.71. The monoisotopic (exact) mass is 348 g/mol. The van der Waals surface area contributed by atoms with Gasteiger partial charge >= 0.3 is 6.09 Å². The van der Waals surface area contributed by atoms with Gasteiger partial charge in [-0.15, -0.1) is 0 Å². The highest BCUT2D eigenvalue weighted by molar-refractivity contribution is 7.91. The predicted molar refractivity (Wildman–Crippen MR) is 87.8 cm³/mol. The van der Waals surface area contributed by atoms with Crippen LogP contribution in [-0.2, 0) is 19.4 Å². The van der Waals surface area contributed by atoms with Crippen molar-refractivity contribution in [1.29, 1.82) is 0 Å². The SMILES string of the molecule is CC(C)C(NC(=O)OC(C)(C)C)C(=O)N(C)C1CCS(=O)(=O)C1. The second kappa shape index (κ2) is 7.07. The number of likely N-dealkylation sites (N-methyl/N-ethyl adjacent to an activating group) is 1. The molecule has 0 saturated carbocycles. The van der Waals surface area contributed by atoms with Gasteiger partial charge in [-0.2, -0.15) is 0 Å². The van der Waals surface area contributed by atoms with Gasteiger partial charge in [0, 0.05) is 13.1 Å². The number of hydrogen-bond donors (Lipinski definition) is 1. The quantitative estimate of drug-likeness (QED) is 0.823. The van der Waals surface area contributed by atoms with E-state index in [0.29, 0.717) is 6.42 Å². The summed E-state index contributed by atoms with van der Waals surface area (Å²) in [5, 5.41) is 2.60. The second-order valence-electron chi connectivity index (χ2n) is 7.37. The number of nitrogens with one attached hydrogen (secondary N) is 1. The van der Waals surface area contributed by atoms with E-state index in [0.717, 1.165) is 0 Å². The van der Waals surface area contributed by atoms with Crippen molar-refractivity contribution in [2.75, 3.05) is 18.6 Å². The lowest BCUT2D eigenvalue weighted by Gasteiger charge is -2.31. The molecule has 0 bridgehead atoms. The molecule has 0 aromatic rings. The van der Waals surface area contributed by atoms with Crippen LogP contribution in [0.4, 0.5) is 4.79 Å². The molecule has 0 radical (unpaired) electrons. The van der Waals surface area contributed by atoms with E-state index >= 15 is 0 Å². The Morgan fingerprint density at radius 1 is 1.26 bits per heavy atom. The third-order valence-corrected chi connectivity index (χ3v) is 5.46. The summed E-state index contributed by atoms with van der Waals surface area (Å²) in [5.74, 6) is -0.364. The van der Waals surface area contributed by atoms with Crippen LogP contribution in [0.25, 0.3) is 0 Å². The summed E-state index contributed by atoms with van der Waals surface area (Å²) in [6.45, 7) is 8.87. The van der Waals surface area contributed by atoms with Crippen LogP contribution < -0.4 is 5.32 Å². The van der Waals surface area contributed by atoms with Crippen LogP contribution in [0.3, 0.4) is 0 Å². The number of carbonyl (C=O) groups excluding carboxylic acids is 2. The van der Waals surface area contributed by atoms with Crippen molar-refractivity contribution >= 4 is 21.8 Å². The molecule has 7 nitrogen and oxygen atoms in total. The maximum absolute atomic E-state index is 12.6. The molecular formula is C15H28N2O5S. The third kappa shape index (κ3) is 6.01. The molecule has 0 aliphatic carbocycles. The highest BCUT2D eigenvalue weighted by Gasteiger charge is 2.36. The van der Waals surface area contributed by atoms with E-state index in [-0.39, 0.29) is 29.4 Å². The van der Waals surface area contributed by atoms with Crippen molar-refractivity contribution in [1.82, 2.24) is 10.2 Å². The number of hydrogen-bond acceptors (Lipinski definition) is 5.